The molecule has 0 amide bonds. The van der Waals surface area contributed by atoms with Crippen molar-refractivity contribution >= 4 is 112 Å². The van der Waals surface area contributed by atoms with Gasteiger partial charge in [0.25, 0.3) is 0 Å². The van der Waals surface area contributed by atoms with Crippen LogP contribution in [-0.2, 0) is 0 Å². The standard InChI is InChI=1S/C38H19N3S2/c1-5-11-30-22(7-1)23-15-13-21(18-32(23)42-30)20-14-16-29-25(17-20)26-19-33-34(24-8-2-6-12-31(24)43-33)35-36-38(41(29)37(26)35)40-28-10-4-3-9-27(28)39-36/h1-19H. The second-order valence-electron chi connectivity index (χ2n) is 11.4. The normalized spacial score (nSPS) is 12.7. The van der Waals surface area contributed by atoms with Crippen LogP contribution >= 0.6 is 22.7 Å². The Bertz CT molecular complexity index is 2960. The van der Waals surface area contributed by atoms with E-state index in [1.54, 1.807) is 0 Å². The Hall–Kier alpha value is -5.10. The zero-order valence-electron chi connectivity index (χ0n) is 22.6. The van der Waals surface area contributed by atoms with Gasteiger partial charge in [0.1, 0.15) is 5.52 Å². The average molecular weight is 582 g/mol. The number of fused-ring (bicyclic) bond motifs is 14. The summed E-state index contributed by atoms with van der Waals surface area (Å²) >= 11 is 3.74. The van der Waals surface area contributed by atoms with E-state index in [4.69, 9.17) is 9.97 Å². The highest BCUT2D eigenvalue weighted by Gasteiger charge is 2.24. The molecule has 6 aromatic carbocycles. The van der Waals surface area contributed by atoms with Crippen LogP contribution in [0, 0.1) is 0 Å². The number of nitrogens with zero attached hydrogens (tertiary/aromatic N) is 3. The van der Waals surface area contributed by atoms with E-state index >= 15 is 0 Å². The highest BCUT2D eigenvalue weighted by molar-refractivity contribution is 7.26. The predicted molar refractivity (Wildman–Crippen MR) is 185 cm³/mol. The summed E-state index contributed by atoms with van der Waals surface area (Å²) in [6.45, 7) is 0. The number of hydrogen-bond acceptors (Lipinski definition) is 4. The fourth-order valence-electron chi connectivity index (χ4n) is 7.23. The zero-order valence-corrected chi connectivity index (χ0v) is 24.3. The second-order valence-corrected chi connectivity index (χ2v) is 13.5. The van der Waals surface area contributed by atoms with E-state index in [2.05, 4.69) is 108 Å². The second kappa shape index (κ2) is 7.84. The molecule has 11 aromatic rings. The molecular weight excluding hydrogens is 563 g/mol. The van der Waals surface area contributed by atoms with Crippen molar-refractivity contribution in [1.29, 1.82) is 0 Å². The first-order valence-electron chi connectivity index (χ1n) is 14.4. The Kier molecular flexibility index (Phi) is 4.10. The Morgan fingerprint density at radius 3 is 2.02 bits per heavy atom. The van der Waals surface area contributed by atoms with Gasteiger partial charge in [-0.3, -0.25) is 4.40 Å². The molecule has 0 fully saturated rings. The summed E-state index contributed by atoms with van der Waals surface area (Å²) in [7, 11) is 0. The molecule has 43 heavy (non-hydrogen) atoms. The molecule has 0 unspecified atom stereocenters. The van der Waals surface area contributed by atoms with Gasteiger partial charge in [-0.15, -0.1) is 22.7 Å². The number of rotatable bonds is 1. The monoisotopic (exact) mass is 581 g/mol. The molecule has 11 rings (SSSR count). The summed E-state index contributed by atoms with van der Waals surface area (Å²) in [5.41, 5.74) is 8.62. The van der Waals surface area contributed by atoms with E-state index in [1.165, 1.54) is 78.7 Å². The van der Waals surface area contributed by atoms with Crippen molar-refractivity contribution in [1.82, 2.24) is 14.4 Å². The molecule has 0 N–H and O–H groups in total. The van der Waals surface area contributed by atoms with Gasteiger partial charge in [0, 0.05) is 56.5 Å². The molecule has 5 heteroatoms. The first-order valence-corrected chi connectivity index (χ1v) is 16.1. The molecule has 5 heterocycles. The van der Waals surface area contributed by atoms with Crippen molar-refractivity contribution in [3.05, 3.63) is 115 Å². The van der Waals surface area contributed by atoms with Gasteiger partial charge in [0.05, 0.1) is 22.1 Å². The van der Waals surface area contributed by atoms with Crippen LogP contribution in [0.1, 0.15) is 0 Å². The molecule has 0 saturated carbocycles. The predicted octanol–water partition coefficient (Wildman–Crippen LogP) is 11.2. The molecule has 0 radical (unpaired) electrons. The summed E-state index contributed by atoms with van der Waals surface area (Å²) in [5, 5.41) is 8.97. The molecule has 0 aliphatic heterocycles. The van der Waals surface area contributed by atoms with Crippen molar-refractivity contribution in [2.24, 2.45) is 0 Å². The van der Waals surface area contributed by atoms with E-state index in [9.17, 15) is 0 Å². The Balaban J connectivity index is 1.28. The van der Waals surface area contributed by atoms with E-state index in [0.29, 0.717) is 0 Å². The van der Waals surface area contributed by atoms with Gasteiger partial charge in [-0.05, 0) is 59.7 Å². The van der Waals surface area contributed by atoms with Gasteiger partial charge in [0.15, 0.2) is 5.65 Å². The number of benzene rings is 6. The lowest BCUT2D eigenvalue weighted by Gasteiger charge is -2.05. The lowest BCUT2D eigenvalue weighted by Crippen LogP contribution is -1.89. The maximum atomic E-state index is 5.25. The van der Waals surface area contributed by atoms with Gasteiger partial charge in [-0.25, -0.2) is 9.97 Å². The van der Waals surface area contributed by atoms with E-state index in [0.717, 1.165) is 22.2 Å². The van der Waals surface area contributed by atoms with Crippen LogP contribution in [0.3, 0.4) is 0 Å². The van der Waals surface area contributed by atoms with E-state index in [1.807, 2.05) is 34.8 Å². The van der Waals surface area contributed by atoms with Crippen LogP contribution in [0.4, 0.5) is 0 Å². The first kappa shape index (κ1) is 22.5. The minimum absolute atomic E-state index is 0.920. The third kappa shape index (κ3) is 2.84. The fraction of sp³-hybridized carbons (Fsp3) is 0. The Morgan fingerprint density at radius 2 is 1.14 bits per heavy atom. The number of aromatic nitrogens is 3. The lowest BCUT2D eigenvalue weighted by atomic mass is 10.00. The van der Waals surface area contributed by atoms with E-state index < -0.39 is 0 Å². The molecule has 0 atom stereocenters. The third-order valence-electron chi connectivity index (χ3n) is 9.10. The molecule has 0 bridgehead atoms. The fourth-order valence-corrected chi connectivity index (χ4v) is 9.53. The SMILES string of the molecule is c1ccc2nc3c(nc2c1)c1c2c(cc4c5cc(-c6ccc7c(c6)sc6ccccc67)ccc5n3c41)sc1ccccc12. The maximum Gasteiger partial charge on any atom is 0.165 e. The lowest BCUT2D eigenvalue weighted by molar-refractivity contribution is 1.28. The summed E-state index contributed by atoms with van der Waals surface area (Å²) in [5.74, 6) is 0. The summed E-state index contributed by atoms with van der Waals surface area (Å²) in [6.07, 6.45) is 0. The van der Waals surface area contributed by atoms with Gasteiger partial charge >= 0.3 is 0 Å². The highest BCUT2D eigenvalue weighted by Crippen LogP contribution is 2.47. The summed E-state index contributed by atoms with van der Waals surface area (Å²) in [6, 6.07) is 41.9. The van der Waals surface area contributed by atoms with Crippen LogP contribution in [0.5, 0.6) is 0 Å². The number of hydrogen-bond donors (Lipinski definition) is 0. The largest absolute Gasteiger partial charge is 0.291 e. The van der Waals surface area contributed by atoms with Crippen LogP contribution in [0.25, 0.3) is 101 Å². The minimum Gasteiger partial charge on any atom is -0.291 e. The molecule has 0 saturated heterocycles. The van der Waals surface area contributed by atoms with Crippen LogP contribution in [0.15, 0.2) is 115 Å². The first-order chi connectivity index (χ1) is 21.3. The van der Waals surface area contributed by atoms with Crippen LogP contribution in [-0.4, -0.2) is 14.4 Å². The van der Waals surface area contributed by atoms with Crippen LogP contribution in [0.2, 0.25) is 0 Å². The van der Waals surface area contributed by atoms with Gasteiger partial charge in [0.2, 0.25) is 0 Å². The molecule has 0 aliphatic rings. The van der Waals surface area contributed by atoms with Crippen molar-refractivity contribution in [3.63, 3.8) is 0 Å². The van der Waals surface area contributed by atoms with Gasteiger partial charge in [-0.1, -0.05) is 66.7 Å². The van der Waals surface area contributed by atoms with Crippen molar-refractivity contribution in [2.45, 2.75) is 0 Å². The topological polar surface area (TPSA) is 30.2 Å². The van der Waals surface area contributed by atoms with Crippen molar-refractivity contribution in [3.8, 4) is 11.1 Å². The van der Waals surface area contributed by atoms with Gasteiger partial charge in [-0.2, -0.15) is 0 Å². The van der Waals surface area contributed by atoms with E-state index in [-0.39, 0.29) is 0 Å². The summed E-state index contributed by atoms with van der Waals surface area (Å²) < 4.78 is 7.62. The average Bonchev–Trinajstić information content (AvgIpc) is 3.78. The smallest absolute Gasteiger partial charge is 0.165 e. The molecule has 3 nitrogen and oxygen atoms in total. The summed E-state index contributed by atoms with van der Waals surface area (Å²) in [4.78, 5) is 10.5. The van der Waals surface area contributed by atoms with Crippen LogP contribution < -0.4 is 0 Å². The highest BCUT2D eigenvalue weighted by atomic mass is 32.1. The zero-order chi connectivity index (χ0) is 27.8. The Labute approximate surface area is 252 Å². The molecule has 198 valence electrons. The van der Waals surface area contributed by atoms with Crippen molar-refractivity contribution < 1.29 is 0 Å². The molecule has 0 spiro atoms. The van der Waals surface area contributed by atoms with Crippen molar-refractivity contribution in [2.75, 3.05) is 0 Å². The number of thiophene rings is 2. The molecule has 5 aromatic heterocycles. The number of para-hydroxylation sites is 2. The molecule has 0 aliphatic carbocycles. The minimum atomic E-state index is 0.920. The molecular formula is C38H19N3S2. The quantitative estimate of drug-likeness (QED) is 0.193. The Morgan fingerprint density at radius 1 is 0.465 bits per heavy atom. The maximum absolute atomic E-state index is 5.25. The van der Waals surface area contributed by atoms with Gasteiger partial charge < -0.3 is 0 Å². The third-order valence-corrected chi connectivity index (χ3v) is 11.4.